The van der Waals surface area contributed by atoms with Crippen molar-refractivity contribution in [1.29, 1.82) is 0 Å². The summed E-state index contributed by atoms with van der Waals surface area (Å²) in [6.45, 7) is 0. The molecule has 0 aromatic carbocycles. The molecule has 0 bridgehead atoms. The van der Waals surface area contributed by atoms with Crippen molar-refractivity contribution in [3.05, 3.63) is 30.6 Å². The molecule has 62 valence electrons. The van der Waals surface area contributed by atoms with Crippen LogP contribution in [0.2, 0.25) is 0 Å². The molecule has 0 aromatic heterocycles. The maximum Gasteiger partial charge on any atom is 1.00 e. The van der Waals surface area contributed by atoms with E-state index in [1.54, 1.807) is 0 Å². The van der Waals surface area contributed by atoms with Crippen LogP contribution >= 0.6 is 0 Å². The molecule has 0 radical (unpaired) electrons. The van der Waals surface area contributed by atoms with E-state index in [1.807, 2.05) is 0 Å². The van der Waals surface area contributed by atoms with Gasteiger partial charge in [-0.05, 0) is 0 Å². The van der Waals surface area contributed by atoms with Crippen LogP contribution in [0.3, 0.4) is 0 Å². The Hall–Kier alpha value is 0.372. The zero-order chi connectivity index (χ0) is 9.15. The van der Waals surface area contributed by atoms with Gasteiger partial charge in [0, 0.05) is 0 Å². The van der Waals surface area contributed by atoms with E-state index < -0.39 is 10.2 Å². The van der Waals surface area contributed by atoms with Gasteiger partial charge < -0.3 is 30.6 Å². The third kappa shape index (κ3) is 5250. The Balaban J connectivity index is -0.0000000339. The third-order valence-corrected chi connectivity index (χ3v) is 0. The quantitative estimate of drug-likeness (QED) is 0.331. The van der Waals surface area contributed by atoms with Crippen molar-refractivity contribution in [2.75, 3.05) is 0 Å². The van der Waals surface area contributed by atoms with Gasteiger partial charge in [0.1, 0.15) is 0 Å². The summed E-state index contributed by atoms with van der Waals surface area (Å²) in [5.41, 5.74) is 0. The van der Waals surface area contributed by atoms with Gasteiger partial charge in [0.2, 0.25) is 0 Å². The molecule has 0 aliphatic rings. The fourth-order valence-electron chi connectivity index (χ4n) is 0. The molecule has 0 fully saturated rings. The summed E-state index contributed by atoms with van der Waals surface area (Å²) in [5, 5.41) is 36.2. The van der Waals surface area contributed by atoms with E-state index in [4.69, 9.17) is 35.9 Å². The molecule has 0 aliphatic heterocycles. The van der Waals surface area contributed by atoms with Crippen LogP contribution in [0.1, 0.15) is 0 Å². The Morgan fingerprint density at radius 1 is 0.909 bits per heavy atom. The van der Waals surface area contributed by atoms with Gasteiger partial charge in [-0.15, -0.1) is 0 Å². The van der Waals surface area contributed by atoms with Crippen molar-refractivity contribution in [2.45, 2.75) is 0 Å². The maximum absolute atomic E-state index is 8.25. The van der Waals surface area contributed by atoms with E-state index in [1.165, 1.54) is 0 Å². The number of hydrogen-bond acceptors (Lipinski definition) is 7. The van der Waals surface area contributed by atoms with Crippen LogP contribution in [0.15, 0.2) is 0 Å². The van der Waals surface area contributed by atoms with Crippen LogP contribution in [0.4, 0.5) is 0 Å². The van der Waals surface area contributed by atoms with E-state index in [2.05, 4.69) is 5.90 Å². The molecule has 0 saturated heterocycles. The molecule has 0 rings (SSSR count). The molecule has 11 heteroatoms. The zero-order valence-corrected chi connectivity index (χ0v) is 11.8. The van der Waals surface area contributed by atoms with E-state index in [0.29, 0.717) is 0 Å². The van der Waals surface area contributed by atoms with Crippen molar-refractivity contribution in [1.82, 2.24) is 0 Å². The summed E-state index contributed by atoms with van der Waals surface area (Å²) in [6, 6.07) is 0. The van der Waals surface area contributed by atoms with Crippen molar-refractivity contribution in [2.24, 2.45) is 0 Å². The van der Waals surface area contributed by atoms with Crippen molar-refractivity contribution >= 4 is 0 Å². The second kappa shape index (κ2) is 22.4. The molecule has 4 N–H and O–H groups in total. The first-order chi connectivity index (χ1) is 4.46. The molecule has 0 unspecified atom stereocenters. The minimum absolute atomic E-state index is 0. The second-order valence-corrected chi connectivity index (χ2v) is 0.447. The number of hydrogen-bond donors (Lipinski definition) is 2. The first kappa shape index (κ1) is 22.5. The molecule has 0 saturated carbocycles. The number of rotatable bonds is 0. The minimum Gasteiger partial charge on any atom is -0.356 e. The summed E-state index contributed by atoms with van der Waals surface area (Å²) in [6.07, 6.45) is 0. The molecule has 0 aromatic rings. The topological polar surface area (TPSA) is 180 Å². The summed E-state index contributed by atoms with van der Waals surface area (Å²) in [4.78, 5) is 16.5. The van der Waals surface area contributed by atoms with Gasteiger partial charge >= 0.3 is 68.9 Å². The smallest absolute Gasteiger partial charge is 0.356 e. The van der Waals surface area contributed by atoms with Crippen LogP contribution < -0.4 is 74.8 Å². The van der Waals surface area contributed by atoms with Crippen LogP contribution in [0.5, 0.6) is 0 Å². The van der Waals surface area contributed by atoms with Crippen LogP contribution in [-0.2, 0) is 0 Å². The maximum atomic E-state index is 8.25. The molecule has 10 nitrogen and oxygen atoms in total. The summed E-state index contributed by atoms with van der Waals surface area (Å²) >= 11 is 0. The van der Waals surface area contributed by atoms with Gasteiger partial charge in [-0.1, -0.05) is 0 Å². The molecular weight excluding hydrogens is 287 g/mol. The van der Waals surface area contributed by atoms with Crippen molar-refractivity contribution < 1.29 is 90.2 Å². The predicted octanol–water partition coefficient (Wildman–Crippen LogP) is -4.86. The number of quaternary nitrogens is 1. The molecule has 0 amide bonds. The van der Waals surface area contributed by atoms with E-state index in [-0.39, 0.29) is 68.9 Å². The van der Waals surface area contributed by atoms with Crippen LogP contribution in [-0.4, -0.2) is 15.4 Å². The Bertz CT molecular complexity index is 71.7. The first-order valence-electron chi connectivity index (χ1n) is 1.41. The monoisotopic (exact) mass is 291 g/mol. The average Bonchev–Trinajstić information content (AvgIpc) is 1.66. The molecule has 0 heterocycles. The molecule has 0 spiro atoms. The van der Waals surface area contributed by atoms with Crippen molar-refractivity contribution in [3.8, 4) is 0 Å². The summed E-state index contributed by atoms with van der Waals surface area (Å²) in [5.74, 6) is 2.25. The van der Waals surface area contributed by atoms with Gasteiger partial charge in [0.05, 0.1) is 10.2 Å². The Morgan fingerprint density at radius 3 is 0.909 bits per heavy atom. The van der Waals surface area contributed by atoms with E-state index in [0.717, 1.165) is 0 Å². The molecule has 0 atom stereocenters. The van der Waals surface area contributed by atoms with Crippen LogP contribution in [0, 0.1) is 30.6 Å². The molecule has 11 heavy (non-hydrogen) atoms. The van der Waals surface area contributed by atoms with Gasteiger partial charge in [-0.3, -0.25) is 0 Å². The second-order valence-electron chi connectivity index (χ2n) is 0.447. The average molecular weight is 291 g/mol. The zero-order valence-electron chi connectivity index (χ0n) is 5.50. The number of nitrogens with zero attached hydrogens (tertiary/aromatic N) is 2. The normalized spacial score (nSPS) is 4.91. The van der Waals surface area contributed by atoms with Gasteiger partial charge in [-0.25, -0.2) is 11.1 Å². The van der Waals surface area contributed by atoms with Gasteiger partial charge in [0.15, 0.2) is 0 Å². The Kier molecular flexibility index (Phi) is 45.9. The largest absolute Gasteiger partial charge is 1.00 e. The standard InChI is InChI=1S/Cs.2NO3.H4NO/c;2*2-1(3)4;1-2/h;;;2H,1H3/q+1;2*-1;+1. The summed E-state index contributed by atoms with van der Waals surface area (Å²) in [7, 11) is 0. The van der Waals surface area contributed by atoms with E-state index in [9.17, 15) is 0 Å². The fraction of sp³-hybridized carbons (Fsp3) is 0. The first-order valence-corrected chi connectivity index (χ1v) is 1.41. The Morgan fingerprint density at radius 2 is 0.909 bits per heavy atom. The molecular formula is H4CsN3O7. The fourth-order valence-corrected chi connectivity index (χ4v) is 0. The third-order valence-electron chi connectivity index (χ3n) is 0. The predicted molar refractivity (Wildman–Crippen MR) is 25.4 cm³/mol. The van der Waals surface area contributed by atoms with E-state index >= 15 is 0 Å². The van der Waals surface area contributed by atoms with Gasteiger partial charge in [0.25, 0.3) is 0 Å². The molecule has 0 aliphatic carbocycles. The Labute approximate surface area is 119 Å². The SMILES string of the molecule is O=[N+]([O-])[O-].O=[N+]([O-])[O-].[Cs+].[NH3+]O. The minimum atomic E-state index is -1.75. The van der Waals surface area contributed by atoms with Gasteiger partial charge in [-0.2, -0.15) is 0 Å². The van der Waals surface area contributed by atoms with Crippen molar-refractivity contribution in [3.63, 3.8) is 0 Å². The summed E-state index contributed by atoms with van der Waals surface area (Å²) < 4.78 is 0. The van der Waals surface area contributed by atoms with Crippen LogP contribution in [0.25, 0.3) is 0 Å².